The number of ketones is 1. The fourth-order valence-corrected chi connectivity index (χ4v) is 0.318. The van der Waals surface area contributed by atoms with Crippen LogP contribution in [0.1, 0.15) is 6.92 Å². The lowest BCUT2D eigenvalue weighted by Crippen LogP contribution is -2.08. The predicted molar refractivity (Wildman–Crippen MR) is 35.5 cm³/mol. The van der Waals surface area contributed by atoms with Crippen LogP contribution in [0, 0.1) is 0 Å². The average molecular weight is 155 g/mol. The number of aliphatic carboxylic acids is 1. The molecule has 0 heterocycles. The van der Waals surface area contributed by atoms with Gasteiger partial charge in [0, 0.05) is 0 Å². The van der Waals surface area contributed by atoms with E-state index < -0.39 is 11.8 Å². The van der Waals surface area contributed by atoms with Gasteiger partial charge in [-0.15, -0.1) is 6.26 Å². The zero-order valence-corrected chi connectivity index (χ0v) is 5.90. The topological polar surface area (TPSA) is 77.4 Å². The maximum absolute atomic E-state index is 10.3. The first kappa shape index (κ1) is 9.42. The number of rotatable bonds is 3. The van der Waals surface area contributed by atoms with E-state index in [1.807, 2.05) is 0 Å². The van der Waals surface area contributed by atoms with E-state index in [1.165, 1.54) is 6.92 Å². The van der Waals surface area contributed by atoms with E-state index >= 15 is 0 Å². The highest BCUT2D eigenvalue weighted by atomic mass is 16.4. The molecule has 0 aromatic carbocycles. The van der Waals surface area contributed by atoms with E-state index in [-0.39, 0.29) is 0 Å². The number of carbonyl (C=O) groups is 2. The lowest BCUT2D eigenvalue weighted by molar-refractivity contribution is -0.275. The van der Waals surface area contributed by atoms with Gasteiger partial charge in [0.15, 0.2) is 0 Å². The Hall–Kier alpha value is -1.58. The molecule has 0 rings (SSSR count). The molecule has 0 atom stereocenters. The molecule has 0 aliphatic rings. The summed E-state index contributed by atoms with van der Waals surface area (Å²) in [7, 11) is 0. The second kappa shape index (κ2) is 4.27. The minimum absolute atomic E-state index is 0.305. The maximum atomic E-state index is 10.3. The summed E-state index contributed by atoms with van der Waals surface area (Å²) in [4.78, 5) is 20.2. The van der Waals surface area contributed by atoms with Gasteiger partial charge in [0.05, 0.1) is 0 Å². The highest BCUT2D eigenvalue weighted by molar-refractivity contribution is 6.37. The highest BCUT2D eigenvalue weighted by Gasteiger charge is 2.04. The second-order valence-electron chi connectivity index (χ2n) is 1.86. The van der Waals surface area contributed by atoms with Crippen LogP contribution >= 0.6 is 0 Å². The Labute approximate surface area is 63.5 Å². The first-order chi connectivity index (χ1) is 5.07. The summed E-state index contributed by atoms with van der Waals surface area (Å²) in [6, 6.07) is 0. The van der Waals surface area contributed by atoms with Gasteiger partial charge in [0.25, 0.3) is 5.78 Å². The summed E-state index contributed by atoms with van der Waals surface area (Å²) in [6.07, 6.45) is 2.53. The molecule has 4 nitrogen and oxygen atoms in total. The smallest absolute Gasteiger partial charge is 0.376 e. The number of carboxylic acids is 1. The molecule has 0 bridgehead atoms. The normalized spacial score (nSPS) is 11.9. The van der Waals surface area contributed by atoms with E-state index in [0.29, 0.717) is 11.8 Å². The zero-order valence-electron chi connectivity index (χ0n) is 5.90. The van der Waals surface area contributed by atoms with Crippen LogP contribution < -0.4 is 5.11 Å². The third-order valence-corrected chi connectivity index (χ3v) is 0.894. The Morgan fingerprint density at radius 1 is 1.36 bits per heavy atom. The van der Waals surface area contributed by atoms with Crippen molar-refractivity contribution in [2.24, 2.45) is 0 Å². The summed E-state index contributed by atoms with van der Waals surface area (Å²) in [6.45, 7) is 1.47. The Kier molecular flexibility index (Phi) is 3.66. The van der Waals surface area contributed by atoms with Crippen molar-refractivity contribution in [3.05, 3.63) is 24.0 Å². The maximum Gasteiger partial charge on any atom is 0.376 e. The number of hydrogen-bond donors (Lipinski definition) is 1. The molecule has 60 valence electrons. The lowest BCUT2D eigenvalue weighted by Gasteiger charge is -1.92. The van der Waals surface area contributed by atoms with Crippen molar-refractivity contribution in [3.8, 4) is 0 Å². The standard InChI is InChI=1S/C7H8O4/c1-5(4-8)2-3-6(9)7(10)11/h2-4,8H,1H3,(H,10,11)/p-1/b3-2+,5-4+. The van der Waals surface area contributed by atoms with Gasteiger partial charge in [0.2, 0.25) is 0 Å². The van der Waals surface area contributed by atoms with Crippen LogP contribution in [0.2, 0.25) is 0 Å². The molecular weight excluding hydrogens is 148 g/mol. The first-order valence-electron chi connectivity index (χ1n) is 2.82. The van der Waals surface area contributed by atoms with Crippen molar-refractivity contribution in [1.29, 1.82) is 0 Å². The van der Waals surface area contributed by atoms with Gasteiger partial charge in [-0.25, -0.2) is 4.79 Å². The molecule has 0 saturated carbocycles. The van der Waals surface area contributed by atoms with Crippen molar-refractivity contribution >= 4 is 11.8 Å². The van der Waals surface area contributed by atoms with Crippen molar-refractivity contribution < 1.29 is 19.8 Å². The molecule has 0 spiro atoms. The van der Waals surface area contributed by atoms with Gasteiger partial charge >= 0.3 is 5.97 Å². The van der Waals surface area contributed by atoms with Gasteiger partial charge in [-0.05, 0) is 13.0 Å². The van der Waals surface area contributed by atoms with Gasteiger partial charge in [-0.3, -0.25) is 4.79 Å². The Balaban J connectivity index is 4.15. The van der Waals surface area contributed by atoms with E-state index in [9.17, 15) is 14.7 Å². The first-order valence-corrected chi connectivity index (χ1v) is 2.82. The number of hydrogen-bond acceptors (Lipinski definition) is 3. The molecule has 0 aliphatic carbocycles. The summed E-state index contributed by atoms with van der Waals surface area (Å²) in [5.41, 5.74) is 0.305. The van der Waals surface area contributed by atoms with Crippen LogP contribution in [-0.2, 0) is 9.59 Å². The minimum Gasteiger partial charge on any atom is -0.878 e. The molecule has 11 heavy (non-hydrogen) atoms. The third kappa shape index (κ3) is 3.91. The third-order valence-electron chi connectivity index (χ3n) is 0.894. The van der Waals surface area contributed by atoms with Crippen LogP contribution in [-0.4, -0.2) is 16.9 Å². The molecule has 0 aromatic heterocycles. The van der Waals surface area contributed by atoms with Crippen LogP contribution in [0.5, 0.6) is 0 Å². The summed E-state index contributed by atoms with van der Waals surface area (Å²) in [5.74, 6) is -2.56. The van der Waals surface area contributed by atoms with Crippen LogP contribution in [0.25, 0.3) is 0 Å². The SMILES string of the molecule is CC(/C=C/C(=O)C(=O)O)=C\[O-]. The molecule has 1 N–H and O–H groups in total. The van der Waals surface area contributed by atoms with Crippen molar-refractivity contribution in [2.75, 3.05) is 0 Å². The fourth-order valence-electron chi connectivity index (χ4n) is 0.318. The van der Waals surface area contributed by atoms with Crippen LogP contribution in [0.3, 0.4) is 0 Å². The minimum atomic E-state index is -1.53. The number of allylic oxidation sites excluding steroid dienone is 2. The van der Waals surface area contributed by atoms with Gasteiger partial charge in [-0.2, -0.15) is 0 Å². The predicted octanol–water partition coefficient (Wildman–Crippen LogP) is -0.540. The van der Waals surface area contributed by atoms with Gasteiger partial charge in [-0.1, -0.05) is 11.6 Å². The molecule has 0 amide bonds. The molecule has 0 unspecified atom stereocenters. The van der Waals surface area contributed by atoms with Gasteiger partial charge in [0.1, 0.15) is 0 Å². The van der Waals surface area contributed by atoms with Crippen molar-refractivity contribution in [2.45, 2.75) is 6.92 Å². The van der Waals surface area contributed by atoms with Crippen molar-refractivity contribution in [3.63, 3.8) is 0 Å². The van der Waals surface area contributed by atoms with E-state index in [1.54, 1.807) is 0 Å². The average Bonchev–Trinajstić information content (AvgIpc) is 1.99. The number of carbonyl (C=O) groups excluding carboxylic acids is 1. The van der Waals surface area contributed by atoms with Crippen molar-refractivity contribution in [1.82, 2.24) is 0 Å². The Morgan fingerprint density at radius 2 is 1.91 bits per heavy atom. The van der Waals surface area contributed by atoms with Crippen LogP contribution in [0.15, 0.2) is 24.0 Å². The quantitative estimate of drug-likeness (QED) is 0.257. The molecule has 0 aliphatic heterocycles. The fraction of sp³-hybridized carbons (Fsp3) is 0.143. The van der Waals surface area contributed by atoms with E-state index in [4.69, 9.17) is 5.11 Å². The molecule has 0 aromatic rings. The largest absolute Gasteiger partial charge is 0.878 e. The van der Waals surface area contributed by atoms with E-state index in [0.717, 1.165) is 12.2 Å². The Morgan fingerprint density at radius 3 is 2.27 bits per heavy atom. The monoisotopic (exact) mass is 155 g/mol. The molecule has 0 radical (unpaired) electrons. The lowest BCUT2D eigenvalue weighted by atomic mass is 10.2. The zero-order chi connectivity index (χ0) is 8.85. The Bertz CT molecular complexity index is 225. The highest BCUT2D eigenvalue weighted by Crippen LogP contribution is 1.90. The molecule has 4 heteroatoms. The second-order valence-corrected chi connectivity index (χ2v) is 1.86. The summed E-state index contributed by atoms with van der Waals surface area (Å²) >= 11 is 0. The summed E-state index contributed by atoms with van der Waals surface area (Å²) < 4.78 is 0. The van der Waals surface area contributed by atoms with Crippen LogP contribution in [0.4, 0.5) is 0 Å². The molecule has 0 fully saturated rings. The number of carboxylic acid groups (broad SMARTS) is 1. The summed E-state index contributed by atoms with van der Waals surface area (Å²) in [5, 5.41) is 18.0. The molecular formula is C7H7O4-. The molecule has 0 saturated heterocycles. The van der Waals surface area contributed by atoms with Gasteiger partial charge < -0.3 is 10.2 Å². The van der Waals surface area contributed by atoms with E-state index in [2.05, 4.69) is 0 Å².